The molecule has 1 atom stereocenters. The number of nitrogens with one attached hydrogen (secondary N) is 1. The van der Waals surface area contributed by atoms with Gasteiger partial charge >= 0.3 is 0 Å². The topological polar surface area (TPSA) is 81.9 Å². The number of carbonyl (C=O) groups is 1. The monoisotopic (exact) mass is 715 g/mol. The summed E-state index contributed by atoms with van der Waals surface area (Å²) in [5, 5.41) is 4.98. The normalized spacial score (nSPS) is 14.4. The summed E-state index contributed by atoms with van der Waals surface area (Å²) in [4.78, 5) is 33.8. The Morgan fingerprint density at radius 2 is 1.73 bits per heavy atom. The SMILES string of the molecule is COc1cccc([C@H]2C(C(=O)Nc3ccccc3)=C(C)N=c3s/c(=C\c4c(OCc5ccc(Br)cc5)ccc5ccccc45)c(=O)n32)c1. The lowest BCUT2D eigenvalue weighted by molar-refractivity contribution is -0.113. The molecule has 48 heavy (non-hydrogen) atoms. The number of hydrogen-bond acceptors (Lipinski definition) is 6. The van der Waals surface area contributed by atoms with Crippen molar-refractivity contribution in [2.24, 2.45) is 4.99 Å². The molecule has 0 fully saturated rings. The van der Waals surface area contributed by atoms with Crippen molar-refractivity contribution in [2.45, 2.75) is 19.6 Å². The number of allylic oxidation sites excluding steroid dienone is 1. The number of benzene rings is 5. The molecule has 1 aliphatic heterocycles. The van der Waals surface area contributed by atoms with Crippen molar-refractivity contribution >= 4 is 55.7 Å². The number of aromatic nitrogens is 1. The highest BCUT2D eigenvalue weighted by molar-refractivity contribution is 9.10. The number of ether oxygens (including phenoxy) is 2. The summed E-state index contributed by atoms with van der Waals surface area (Å²) in [5.41, 5.74) is 3.87. The van der Waals surface area contributed by atoms with E-state index in [4.69, 9.17) is 14.5 Å². The molecule has 2 heterocycles. The molecule has 0 saturated carbocycles. The van der Waals surface area contributed by atoms with Gasteiger partial charge in [-0.15, -0.1) is 0 Å². The van der Waals surface area contributed by atoms with Gasteiger partial charge in [0.25, 0.3) is 11.5 Å². The summed E-state index contributed by atoms with van der Waals surface area (Å²) in [6.07, 6.45) is 1.88. The van der Waals surface area contributed by atoms with E-state index in [2.05, 4.69) is 21.2 Å². The van der Waals surface area contributed by atoms with Crippen molar-refractivity contribution in [1.82, 2.24) is 4.57 Å². The molecular weight excluding hydrogens is 686 g/mol. The number of carbonyl (C=O) groups excluding carboxylic acids is 1. The molecule has 5 aromatic carbocycles. The predicted octanol–water partition coefficient (Wildman–Crippen LogP) is 7.38. The Bertz CT molecular complexity index is 2380. The average Bonchev–Trinajstić information content (AvgIpc) is 3.41. The highest BCUT2D eigenvalue weighted by Gasteiger charge is 2.33. The minimum atomic E-state index is -0.733. The molecule has 1 aliphatic rings. The van der Waals surface area contributed by atoms with Crippen molar-refractivity contribution in [3.63, 3.8) is 0 Å². The largest absolute Gasteiger partial charge is 0.497 e. The molecule has 1 N–H and O–H groups in total. The van der Waals surface area contributed by atoms with Gasteiger partial charge in [-0.2, -0.15) is 0 Å². The fourth-order valence-electron chi connectivity index (χ4n) is 5.88. The highest BCUT2D eigenvalue weighted by atomic mass is 79.9. The molecular formula is C39H30BrN3O4S. The minimum Gasteiger partial charge on any atom is -0.497 e. The second kappa shape index (κ2) is 13.5. The van der Waals surface area contributed by atoms with E-state index in [-0.39, 0.29) is 11.5 Å². The predicted molar refractivity (Wildman–Crippen MR) is 194 cm³/mol. The summed E-state index contributed by atoms with van der Waals surface area (Å²) >= 11 is 4.78. The highest BCUT2D eigenvalue weighted by Crippen LogP contribution is 2.33. The Kier molecular flexibility index (Phi) is 8.80. The van der Waals surface area contributed by atoms with Gasteiger partial charge in [0.05, 0.1) is 29.0 Å². The Balaban J connectivity index is 1.37. The van der Waals surface area contributed by atoms with E-state index in [0.29, 0.717) is 44.4 Å². The molecule has 0 spiro atoms. The Labute approximate surface area is 289 Å². The van der Waals surface area contributed by atoms with Crippen molar-refractivity contribution in [2.75, 3.05) is 12.4 Å². The number of para-hydroxylation sites is 1. The first kappa shape index (κ1) is 31.4. The van der Waals surface area contributed by atoms with Gasteiger partial charge in [0, 0.05) is 15.7 Å². The second-order valence-corrected chi connectivity index (χ2v) is 13.2. The van der Waals surface area contributed by atoms with Crippen LogP contribution in [0.2, 0.25) is 0 Å². The van der Waals surface area contributed by atoms with E-state index in [9.17, 15) is 9.59 Å². The van der Waals surface area contributed by atoms with Gasteiger partial charge in [-0.05, 0) is 77.4 Å². The van der Waals surface area contributed by atoms with Crippen LogP contribution in [0.1, 0.15) is 29.7 Å². The van der Waals surface area contributed by atoms with Gasteiger partial charge in [0.1, 0.15) is 18.1 Å². The first-order chi connectivity index (χ1) is 23.4. The molecule has 7 rings (SSSR count). The Morgan fingerprint density at radius 3 is 2.52 bits per heavy atom. The first-order valence-corrected chi connectivity index (χ1v) is 16.9. The van der Waals surface area contributed by atoms with Crippen LogP contribution in [0.25, 0.3) is 16.8 Å². The lowest BCUT2D eigenvalue weighted by atomic mass is 9.95. The molecule has 1 aromatic heterocycles. The van der Waals surface area contributed by atoms with Crippen LogP contribution in [0.4, 0.5) is 5.69 Å². The number of fused-ring (bicyclic) bond motifs is 2. The maximum absolute atomic E-state index is 14.5. The smallest absolute Gasteiger partial charge is 0.271 e. The molecule has 9 heteroatoms. The van der Waals surface area contributed by atoms with Gasteiger partial charge < -0.3 is 14.8 Å². The summed E-state index contributed by atoms with van der Waals surface area (Å²) in [7, 11) is 1.59. The van der Waals surface area contributed by atoms with Crippen molar-refractivity contribution in [3.8, 4) is 11.5 Å². The lowest BCUT2D eigenvalue weighted by Crippen LogP contribution is -2.40. The van der Waals surface area contributed by atoms with Crippen molar-refractivity contribution < 1.29 is 14.3 Å². The van der Waals surface area contributed by atoms with E-state index in [1.165, 1.54) is 11.3 Å². The van der Waals surface area contributed by atoms with E-state index in [0.717, 1.165) is 31.9 Å². The van der Waals surface area contributed by atoms with E-state index in [1.54, 1.807) is 11.7 Å². The number of amides is 1. The average molecular weight is 717 g/mol. The van der Waals surface area contributed by atoms with Crippen LogP contribution in [0.5, 0.6) is 11.5 Å². The van der Waals surface area contributed by atoms with Crippen LogP contribution in [-0.2, 0) is 11.4 Å². The van der Waals surface area contributed by atoms with E-state index < -0.39 is 6.04 Å². The molecule has 0 radical (unpaired) electrons. The van der Waals surface area contributed by atoms with Gasteiger partial charge in [-0.3, -0.25) is 14.2 Å². The minimum absolute atomic E-state index is 0.254. The standard InChI is InChI=1S/C39H30BrN3O4S/c1-24-35(37(44)42-29-11-4-3-5-12-29)36(27-10-8-13-30(21-27)46-2)43-38(45)34(48-39(43)41-24)22-32-31-14-7-6-9-26(31)17-20-33(32)47-23-25-15-18-28(40)19-16-25/h3-22,36H,23H2,1-2H3,(H,42,44)/b34-22-/t36-/m0/s1. The van der Waals surface area contributed by atoms with Crippen LogP contribution in [0.15, 0.2) is 141 Å². The molecule has 1 amide bonds. The fraction of sp³-hybridized carbons (Fsp3) is 0.103. The third-order valence-electron chi connectivity index (χ3n) is 8.22. The van der Waals surface area contributed by atoms with Crippen LogP contribution < -0.4 is 29.7 Å². The quantitative estimate of drug-likeness (QED) is 0.178. The number of halogens is 1. The molecule has 0 saturated heterocycles. The van der Waals surface area contributed by atoms with Crippen molar-refractivity contribution in [3.05, 3.63) is 167 Å². The number of hydrogen-bond donors (Lipinski definition) is 1. The summed E-state index contributed by atoms with van der Waals surface area (Å²) in [6, 6.07) is 35.9. The van der Waals surface area contributed by atoms with Crippen LogP contribution >= 0.6 is 27.3 Å². The van der Waals surface area contributed by atoms with Gasteiger partial charge in [-0.25, -0.2) is 4.99 Å². The zero-order valence-electron chi connectivity index (χ0n) is 26.1. The Hall–Kier alpha value is -5.25. The lowest BCUT2D eigenvalue weighted by Gasteiger charge is -2.25. The summed E-state index contributed by atoms with van der Waals surface area (Å²) < 4.78 is 15.0. The maximum atomic E-state index is 14.5. The third kappa shape index (κ3) is 6.22. The number of thiazole rings is 1. The molecule has 6 aromatic rings. The summed E-state index contributed by atoms with van der Waals surface area (Å²) in [5.74, 6) is 0.948. The van der Waals surface area contributed by atoms with Gasteiger partial charge in [0.2, 0.25) is 0 Å². The number of anilines is 1. The van der Waals surface area contributed by atoms with E-state index in [1.807, 2.05) is 128 Å². The third-order valence-corrected chi connectivity index (χ3v) is 9.73. The Morgan fingerprint density at radius 1 is 0.958 bits per heavy atom. The first-order valence-electron chi connectivity index (χ1n) is 15.3. The van der Waals surface area contributed by atoms with Gasteiger partial charge in [-0.1, -0.05) is 100 Å². The van der Waals surface area contributed by atoms with Crippen LogP contribution in [-0.4, -0.2) is 17.6 Å². The maximum Gasteiger partial charge on any atom is 0.271 e. The molecule has 7 nitrogen and oxygen atoms in total. The van der Waals surface area contributed by atoms with Crippen LogP contribution in [0, 0.1) is 0 Å². The molecule has 0 aliphatic carbocycles. The second-order valence-electron chi connectivity index (χ2n) is 11.3. The van der Waals surface area contributed by atoms with Gasteiger partial charge in [0.15, 0.2) is 4.80 Å². The fourth-order valence-corrected chi connectivity index (χ4v) is 7.17. The number of rotatable bonds is 8. The number of nitrogens with zero attached hydrogens (tertiary/aromatic N) is 2. The van der Waals surface area contributed by atoms with Crippen molar-refractivity contribution in [1.29, 1.82) is 0 Å². The van der Waals surface area contributed by atoms with Crippen LogP contribution in [0.3, 0.4) is 0 Å². The molecule has 0 unspecified atom stereocenters. The molecule has 0 bridgehead atoms. The zero-order chi connectivity index (χ0) is 33.2. The molecule has 238 valence electrons. The zero-order valence-corrected chi connectivity index (χ0v) is 28.5. The summed E-state index contributed by atoms with van der Waals surface area (Å²) in [6.45, 7) is 2.17. The number of methoxy groups -OCH3 is 1. The van der Waals surface area contributed by atoms with E-state index >= 15 is 0 Å².